The molecule has 3 heteroatoms. The highest BCUT2D eigenvalue weighted by molar-refractivity contribution is 5.90. The van der Waals surface area contributed by atoms with Crippen LogP contribution in [-0.2, 0) is 14.3 Å². The summed E-state index contributed by atoms with van der Waals surface area (Å²) in [7, 11) is 0. The van der Waals surface area contributed by atoms with Gasteiger partial charge in [0.05, 0.1) is 11.7 Å². The average Bonchev–Trinajstić information content (AvgIpc) is 3.04. The highest BCUT2D eigenvalue weighted by Gasteiger charge is 2.54. The lowest BCUT2D eigenvalue weighted by atomic mass is 9.85. The molecule has 0 amide bonds. The van der Waals surface area contributed by atoms with Crippen LogP contribution in [0.1, 0.15) is 59.3 Å². The average molecular weight is 316 g/mol. The van der Waals surface area contributed by atoms with Gasteiger partial charge in [0.25, 0.3) is 0 Å². The third-order valence-electron chi connectivity index (χ3n) is 5.61. The zero-order valence-corrected chi connectivity index (χ0v) is 14.6. The summed E-state index contributed by atoms with van der Waals surface area (Å²) in [6.45, 7) is 10.5. The second-order valence-electron chi connectivity index (χ2n) is 7.61. The van der Waals surface area contributed by atoms with E-state index in [2.05, 4.69) is 39.5 Å². The zero-order valence-electron chi connectivity index (χ0n) is 14.6. The van der Waals surface area contributed by atoms with Gasteiger partial charge in [0.15, 0.2) is 0 Å². The maximum atomic E-state index is 11.9. The van der Waals surface area contributed by atoms with Crippen LogP contribution < -0.4 is 0 Å². The fraction of sp³-hybridized carbons (Fsp3) is 0.650. The van der Waals surface area contributed by atoms with Gasteiger partial charge in [-0.05, 0) is 52.9 Å². The standard InChI is InChI=1S/C20H28O3/c1-13-7-5-8-14(2)11-17-16(15(3)19(21)22-17)12-18-20(4,23-18)10-6-9-13/h8-9,16-18H,3,5-7,10-12H2,1-2,4H3/b13-9+,14-8+/t16-,17-,18+,20+/m1/s1. The molecule has 0 bridgehead atoms. The molecule has 3 aliphatic rings. The molecule has 2 aliphatic heterocycles. The summed E-state index contributed by atoms with van der Waals surface area (Å²) < 4.78 is 11.6. The molecule has 1 aliphatic carbocycles. The van der Waals surface area contributed by atoms with Crippen molar-refractivity contribution in [3.05, 3.63) is 35.5 Å². The van der Waals surface area contributed by atoms with E-state index in [1.165, 1.54) is 11.1 Å². The van der Waals surface area contributed by atoms with E-state index in [4.69, 9.17) is 9.47 Å². The van der Waals surface area contributed by atoms with Crippen LogP contribution in [0.2, 0.25) is 0 Å². The third-order valence-corrected chi connectivity index (χ3v) is 5.61. The molecular formula is C20H28O3. The smallest absolute Gasteiger partial charge is 0.334 e. The molecule has 3 nitrogen and oxygen atoms in total. The Hall–Kier alpha value is -1.35. The van der Waals surface area contributed by atoms with Gasteiger partial charge in [-0.25, -0.2) is 4.79 Å². The predicted molar refractivity (Wildman–Crippen MR) is 91.0 cm³/mol. The van der Waals surface area contributed by atoms with E-state index >= 15 is 0 Å². The Morgan fingerprint density at radius 2 is 1.96 bits per heavy atom. The maximum absolute atomic E-state index is 11.9. The Labute approximate surface area is 139 Å². The van der Waals surface area contributed by atoms with Crippen molar-refractivity contribution in [3.63, 3.8) is 0 Å². The first kappa shape index (κ1) is 16.5. The van der Waals surface area contributed by atoms with Gasteiger partial charge in [0, 0.05) is 17.9 Å². The normalized spacial score (nSPS) is 43.2. The Morgan fingerprint density at radius 3 is 2.74 bits per heavy atom. The number of epoxide rings is 1. The van der Waals surface area contributed by atoms with Crippen LogP contribution in [0.3, 0.4) is 0 Å². The molecule has 0 N–H and O–H groups in total. The van der Waals surface area contributed by atoms with Crippen molar-refractivity contribution in [2.45, 2.75) is 77.1 Å². The van der Waals surface area contributed by atoms with Crippen molar-refractivity contribution in [1.82, 2.24) is 0 Å². The van der Waals surface area contributed by atoms with Crippen molar-refractivity contribution in [1.29, 1.82) is 0 Å². The van der Waals surface area contributed by atoms with Crippen LogP contribution in [0.5, 0.6) is 0 Å². The van der Waals surface area contributed by atoms with Crippen molar-refractivity contribution in [2.24, 2.45) is 5.92 Å². The van der Waals surface area contributed by atoms with Gasteiger partial charge in [-0.3, -0.25) is 0 Å². The third kappa shape index (κ3) is 3.60. The second-order valence-corrected chi connectivity index (χ2v) is 7.61. The van der Waals surface area contributed by atoms with Gasteiger partial charge in [0.2, 0.25) is 0 Å². The van der Waals surface area contributed by atoms with E-state index in [1.54, 1.807) is 0 Å². The minimum Gasteiger partial charge on any atom is -0.458 e. The first-order valence-electron chi connectivity index (χ1n) is 8.78. The molecule has 2 heterocycles. The van der Waals surface area contributed by atoms with Crippen LogP contribution in [0.15, 0.2) is 35.5 Å². The summed E-state index contributed by atoms with van der Waals surface area (Å²) in [6.07, 6.45) is 10.7. The SMILES string of the molecule is C=C1C(=O)O[C@@H]2C/C(C)=C/CC/C(C)=C/CC[C@]3(C)O[C@H]3C[C@H]12. The first-order chi connectivity index (χ1) is 10.9. The number of ether oxygens (including phenoxy) is 2. The summed E-state index contributed by atoms with van der Waals surface area (Å²) >= 11 is 0. The lowest BCUT2D eigenvalue weighted by Gasteiger charge is -2.18. The number of fused-ring (bicyclic) bond motifs is 2. The van der Waals surface area contributed by atoms with Gasteiger partial charge in [0.1, 0.15) is 6.10 Å². The van der Waals surface area contributed by atoms with Gasteiger partial charge in [-0.15, -0.1) is 0 Å². The van der Waals surface area contributed by atoms with Crippen molar-refractivity contribution < 1.29 is 14.3 Å². The van der Waals surface area contributed by atoms with Crippen LogP contribution in [0.4, 0.5) is 0 Å². The Kier molecular flexibility index (Phi) is 4.50. The molecule has 0 aromatic heterocycles. The lowest BCUT2D eigenvalue weighted by molar-refractivity contribution is -0.139. The molecule has 4 atom stereocenters. The van der Waals surface area contributed by atoms with Gasteiger partial charge < -0.3 is 9.47 Å². The Morgan fingerprint density at radius 1 is 1.22 bits per heavy atom. The molecule has 0 saturated carbocycles. The molecule has 2 saturated heterocycles. The van der Waals surface area contributed by atoms with Crippen molar-refractivity contribution >= 4 is 5.97 Å². The molecule has 0 radical (unpaired) electrons. The van der Waals surface area contributed by atoms with Crippen LogP contribution >= 0.6 is 0 Å². The fourth-order valence-corrected chi connectivity index (χ4v) is 3.84. The number of hydrogen-bond acceptors (Lipinski definition) is 3. The van der Waals surface area contributed by atoms with E-state index in [9.17, 15) is 4.79 Å². The molecular weight excluding hydrogens is 288 g/mol. The number of carbonyl (C=O) groups is 1. The Bertz CT molecular complexity index is 571. The zero-order chi connectivity index (χ0) is 16.6. The summed E-state index contributed by atoms with van der Waals surface area (Å²) in [6, 6.07) is 0. The number of carbonyl (C=O) groups excluding carboxylic acids is 1. The summed E-state index contributed by atoms with van der Waals surface area (Å²) in [5, 5.41) is 0. The fourth-order valence-electron chi connectivity index (χ4n) is 3.84. The molecule has 126 valence electrons. The molecule has 2 fully saturated rings. The monoisotopic (exact) mass is 316 g/mol. The maximum Gasteiger partial charge on any atom is 0.334 e. The minimum atomic E-state index is -0.225. The van der Waals surface area contributed by atoms with E-state index < -0.39 is 0 Å². The molecule has 0 unspecified atom stereocenters. The van der Waals surface area contributed by atoms with E-state index in [0.717, 1.165) is 38.5 Å². The van der Waals surface area contributed by atoms with Gasteiger partial charge in [-0.1, -0.05) is 29.9 Å². The van der Waals surface area contributed by atoms with E-state index in [0.29, 0.717) is 5.57 Å². The van der Waals surface area contributed by atoms with E-state index in [-0.39, 0.29) is 29.7 Å². The highest BCUT2D eigenvalue weighted by Crippen LogP contribution is 2.47. The minimum absolute atomic E-state index is 0.0394. The number of hydrogen-bond donors (Lipinski definition) is 0. The summed E-state index contributed by atoms with van der Waals surface area (Å²) in [4.78, 5) is 11.9. The molecule has 23 heavy (non-hydrogen) atoms. The van der Waals surface area contributed by atoms with Crippen LogP contribution in [-0.4, -0.2) is 23.8 Å². The van der Waals surface area contributed by atoms with Crippen LogP contribution in [0, 0.1) is 5.92 Å². The second kappa shape index (κ2) is 6.27. The number of esters is 1. The molecule has 0 aromatic rings. The van der Waals surface area contributed by atoms with Gasteiger partial charge >= 0.3 is 5.97 Å². The topological polar surface area (TPSA) is 38.8 Å². The molecule has 3 rings (SSSR count). The lowest BCUT2D eigenvalue weighted by Crippen LogP contribution is -2.21. The molecule has 0 aromatic carbocycles. The first-order valence-corrected chi connectivity index (χ1v) is 8.78. The largest absolute Gasteiger partial charge is 0.458 e. The van der Waals surface area contributed by atoms with E-state index in [1.807, 2.05) is 0 Å². The quantitative estimate of drug-likeness (QED) is 0.286. The predicted octanol–water partition coefficient (Wildman–Crippen LogP) is 4.49. The number of allylic oxidation sites excluding steroid dienone is 3. The molecule has 0 spiro atoms. The summed E-state index contributed by atoms with van der Waals surface area (Å²) in [5.41, 5.74) is 3.34. The highest BCUT2D eigenvalue weighted by atomic mass is 16.6. The number of rotatable bonds is 0. The van der Waals surface area contributed by atoms with Crippen molar-refractivity contribution in [2.75, 3.05) is 0 Å². The Balaban J connectivity index is 1.78. The summed E-state index contributed by atoms with van der Waals surface area (Å²) in [5.74, 6) is -0.130. The van der Waals surface area contributed by atoms with Crippen LogP contribution in [0.25, 0.3) is 0 Å². The van der Waals surface area contributed by atoms with Gasteiger partial charge in [-0.2, -0.15) is 0 Å². The van der Waals surface area contributed by atoms with Crippen molar-refractivity contribution in [3.8, 4) is 0 Å².